The van der Waals surface area contributed by atoms with E-state index in [0.717, 1.165) is 36.4 Å². The third-order valence-corrected chi connectivity index (χ3v) is 4.03. The lowest BCUT2D eigenvalue weighted by Gasteiger charge is -2.30. The zero-order valence-corrected chi connectivity index (χ0v) is 12.8. The monoisotopic (exact) mass is 281 g/mol. The van der Waals surface area contributed by atoms with Crippen LogP contribution in [-0.2, 0) is 6.61 Å². The summed E-state index contributed by atoms with van der Waals surface area (Å²) in [5, 5.41) is 22.3. The molecule has 0 unspecified atom stereocenters. The van der Waals surface area contributed by atoms with Crippen molar-refractivity contribution in [1.82, 2.24) is 0 Å². The topological polar surface area (TPSA) is 61.7 Å². The van der Waals surface area contributed by atoms with Crippen LogP contribution in [0.1, 0.15) is 39.2 Å². The van der Waals surface area contributed by atoms with Crippen molar-refractivity contribution in [2.45, 2.75) is 40.2 Å². The molecule has 3 N–H and O–H groups in total. The molecule has 0 fully saturated rings. The Morgan fingerprint density at radius 3 is 2.35 bits per heavy atom. The van der Waals surface area contributed by atoms with Crippen LogP contribution in [0.15, 0.2) is 18.2 Å². The fourth-order valence-corrected chi connectivity index (χ4v) is 2.18. The number of aliphatic hydroxyl groups is 2. The number of ether oxygens (including phenoxy) is 1. The molecule has 0 saturated carbocycles. The predicted molar refractivity (Wildman–Crippen MR) is 82.1 cm³/mol. The summed E-state index contributed by atoms with van der Waals surface area (Å²) in [5.41, 5.74) is 1.63. The quantitative estimate of drug-likeness (QED) is 0.651. The summed E-state index contributed by atoms with van der Waals surface area (Å²) in [6.45, 7) is 7.55. The lowest BCUT2D eigenvalue weighted by Crippen LogP contribution is -2.32. The fraction of sp³-hybridized carbons (Fsp3) is 0.625. The number of anilines is 1. The van der Waals surface area contributed by atoms with Crippen molar-refractivity contribution in [3.05, 3.63) is 23.8 Å². The third kappa shape index (κ3) is 4.12. The molecule has 0 amide bonds. The summed E-state index contributed by atoms with van der Waals surface area (Å²) in [4.78, 5) is 0. The van der Waals surface area contributed by atoms with Crippen molar-refractivity contribution < 1.29 is 14.9 Å². The number of rotatable bonds is 9. The van der Waals surface area contributed by atoms with Gasteiger partial charge in [0.25, 0.3) is 0 Å². The Kier molecular flexibility index (Phi) is 6.82. The Labute approximate surface area is 121 Å². The standard InChI is InChI=1S/C16H27NO3/c1-4-16(5-2,12-19)11-17-14-7-8-15(20-6-3)13(9-14)10-18/h7-9,17-19H,4-6,10-12H2,1-3H3. The second kappa shape index (κ2) is 8.12. The molecule has 20 heavy (non-hydrogen) atoms. The Hall–Kier alpha value is -1.26. The third-order valence-electron chi connectivity index (χ3n) is 4.03. The number of hydrogen-bond donors (Lipinski definition) is 3. The maximum Gasteiger partial charge on any atom is 0.124 e. The molecular formula is C16H27NO3. The first-order valence-electron chi connectivity index (χ1n) is 7.36. The Morgan fingerprint density at radius 2 is 1.85 bits per heavy atom. The Balaban J connectivity index is 2.78. The van der Waals surface area contributed by atoms with Crippen molar-refractivity contribution in [1.29, 1.82) is 0 Å². The molecule has 114 valence electrons. The van der Waals surface area contributed by atoms with Crippen LogP contribution in [-0.4, -0.2) is 30.0 Å². The first-order chi connectivity index (χ1) is 9.64. The number of hydrogen-bond acceptors (Lipinski definition) is 4. The number of aliphatic hydroxyl groups excluding tert-OH is 2. The molecule has 0 heterocycles. The van der Waals surface area contributed by atoms with Gasteiger partial charge in [0.2, 0.25) is 0 Å². The first-order valence-corrected chi connectivity index (χ1v) is 7.36. The van der Waals surface area contributed by atoms with Crippen molar-refractivity contribution in [3.63, 3.8) is 0 Å². The molecule has 0 spiro atoms. The molecular weight excluding hydrogens is 254 g/mol. The molecule has 0 radical (unpaired) electrons. The average molecular weight is 281 g/mol. The van der Waals surface area contributed by atoms with Gasteiger partial charge in [-0.25, -0.2) is 0 Å². The Morgan fingerprint density at radius 1 is 1.15 bits per heavy atom. The van der Waals surface area contributed by atoms with Gasteiger partial charge in [0, 0.05) is 23.2 Å². The summed E-state index contributed by atoms with van der Waals surface area (Å²) in [6.07, 6.45) is 1.85. The second-order valence-electron chi connectivity index (χ2n) is 5.13. The van der Waals surface area contributed by atoms with Crippen LogP contribution < -0.4 is 10.1 Å². The van der Waals surface area contributed by atoms with Crippen LogP contribution in [0.2, 0.25) is 0 Å². The lowest BCUT2D eigenvalue weighted by molar-refractivity contribution is 0.127. The van der Waals surface area contributed by atoms with Crippen LogP contribution in [0.5, 0.6) is 5.75 Å². The van der Waals surface area contributed by atoms with Crippen molar-refractivity contribution in [3.8, 4) is 5.75 Å². The highest BCUT2D eigenvalue weighted by molar-refractivity contribution is 5.51. The molecule has 0 aliphatic rings. The summed E-state index contributed by atoms with van der Waals surface area (Å²) >= 11 is 0. The lowest BCUT2D eigenvalue weighted by atomic mass is 9.83. The van der Waals surface area contributed by atoms with Crippen molar-refractivity contribution >= 4 is 5.69 Å². The minimum atomic E-state index is -0.0853. The van der Waals surface area contributed by atoms with E-state index in [4.69, 9.17) is 4.74 Å². The van der Waals surface area contributed by atoms with E-state index in [1.54, 1.807) is 0 Å². The van der Waals surface area contributed by atoms with E-state index in [1.165, 1.54) is 0 Å². The second-order valence-corrected chi connectivity index (χ2v) is 5.13. The molecule has 1 aromatic carbocycles. The molecule has 0 aliphatic heterocycles. The van der Waals surface area contributed by atoms with Gasteiger partial charge in [-0.2, -0.15) is 0 Å². The number of benzene rings is 1. The van der Waals surface area contributed by atoms with E-state index in [1.807, 2.05) is 25.1 Å². The SMILES string of the molecule is CCOc1ccc(NCC(CC)(CC)CO)cc1CO. The van der Waals surface area contributed by atoms with Gasteiger partial charge in [0.05, 0.1) is 19.8 Å². The maximum absolute atomic E-state index is 9.57. The van der Waals surface area contributed by atoms with Gasteiger partial charge < -0.3 is 20.3 Å². The first kappa shape index (κ1) is 16.8. The van der Waals surface area contributed by atoms with E-state index in [9.17, 15) is 10.2 Å². The predicted octanol–water partition coefficient (Wildman–Crippen LogP) is 2.79. The van der Waals surface area contributed by atoms with E-state index in [2.05, 4.69) is 19.2 Å². The van der Waals surface area contributed by atoms with Crippen LogP contribution >= 0.6 is 0 Å². The van der Waals surface area contributed by atoms with Crippen molar-refractivity contribution in [2.24, 2.45) is 5.41 Å². The van der Waals surface area contributed by atoms with Crippen LogP contribution in [0.4, 0.5) is 5.69 Å². The molecule has 1 aromatic rings. The number of nitrogens with one attached hydrogen (secondary N) is 1. The highest BCUT2D eigenvalue weighted by Gasteiger charge is 2.24. The zero-order valence-electron chi connectivity index (χ0n) is 12.8. The molecule has 1 rings (SSSR count). The van der Waals surface area contributed by atoms with E-state index < -0.39 is 0 Å². The highest BCUT2D eigenvalue weighted by Crippen LogP contribution is 2.28. The minimum Gasteiger partial charge on any atom is -0.494 e. The van der Waals surface area contributed by atoms with E-state index in [-0.39, 0.29) is 18.6 Å². The molecule has 0 aliphatic carbocycles. The van der Waals surface area contributed by atoms with Gasteiger partial charge in [0.15, 0.2) is 0 Å². The van der Waals surface area contributed by atoms with Crippen molar-refractivity contribution in [2.75, 3.05) is 25.1 Å². The van der Waals surface area contributed by atoms with Gasteiger partial charge in [-0.15, -0.1) is 0 Å². The van der Waals surface area contributed by atoms with Gasteiger partial charge in [-0.1, -0.05) is 13.8 Å². The van der Waals surface area contributed by atoms with E-state index >= 15 is 0 Å². The summed E-state index contributed by atoms with van der Waals surface area (Å²) in [6, 6.07) is 5.71. The molecule has 4 heteroatoms. The van der Waals surface area contributed by atoms with Crippen LogP contribution in [0, 0.1) is 5.41 Å². The summed E-state index contributed by atoms with van der Waals surface area (Å²) in [7, 11) is 0. The molecule has 0 bridgehead atoms. The fourth-order valence-electron chi connectivity index (χ4n) is 2.18. The molecule has 0 atom stereocenters. The van der Waals surface area contributed by atoms with Gasteiger partial charge in [-0.3, -0.25) is 0 Å². The van der Waals surface area contributed by atoms with Crippen LogP contribution in [0.25, 0.3) is 0 Å². The average Bonchev–Trinajstić information content (AvgIpc) is 2.50. The van der Waals surface area contributed by atoms with Gasteiger partial charge in [0.1, 0.15) is 5.75 Å². The smallest absolute Gasteiger partial charge is 0.124 e. The maximum atomic E-state index is 9.57. The Bertz CT molecular complexity index is 394. The molecule has 4 nitrogen and oxygen atoms in total. The summed E-state index contributed by atoms with van der Waals surface area (Å²) < 4.78 is 5.46. The summed E-state index contributed by atoms with van der Waals surface area (Å²) in [5.74, 6) is 0.722. The van der Waals surface area contributed by atoms with Gasteiger partial charge in [-0.05, 0) is 38.0 Å². The highest BCUT2D eigenvalue weighted by atomic mass is 16.5. The molecule has 0 aromatic heterocycles. The normalized spacial score (nSPS) is 11.4. The van der Waals surface area contributed by atoms with E-state index in [0.29, 0.717) is 6.61 Å². The van der Waals surface area contributed by atoms with Gasteiger partial charge >= 0.3 is 0 Å². The van der Waals surface area contributed by atoms with Crippen LogP contribution in [0.3, 0.4) is 0 Å². The minimum absolute atomic E-state index is 0.0441. The largest absolute Gasteiger partial charge is 0.494 e. The molecule has 0 saturated heterocycles. The zero-order chi connectivity index (χ0) is 15.0.